The Labute approximate surface area is 160 Å². The molecule has 0 aliphatic rings. The molecule has 0 amide bonds. The third-order valence-electron chi connectivity index (χ3n) is 4.15. The molecule has 4 nitrogen and oxygen atoms in total. The number of nitrogens with zero attached hydrogens (tertiary/aromatic N) is 1. The second kappa shape index (κ2) is 8.68. The largest absolute Gasteiger partial charge is 0.481 e. The van der Waals surface area contributed by atoms with Gasteiger partial charge in [0.15, 0.2) is 0 Å². The fourth-order valence-electron chi connectivity index (χ4n) is 2.84. The highest BCUT2D eigenvalue weighted by molar-refractivity contribution is 7.13. The lowest BCUT2D eigenvalue weighted by Gasteiger charge is -2.11. The summed E-state index contributed by atoms with van der Waals surface area (Å²) in [6.07, 6.45) is 0.342. The maximum Gasteiger partial charge on any atom is 0.307 e. The summed E-state index contributed by atoms with van der Waals surface area (Å²) in [6, 6.07) is 15.4. The summed E-state index contributed by atoms with van der Waals surface area (Å²) in [4.78, 5) is 28.3. The highest BCUT2D eigenvalue weighted by Crippen LogP contribution is 2.25. The topological polar surface area (TPSA) is 67.3 Å². The molecule has 0 aliphatic carbocycles. The third-order valence-corrected chi connectivity index (χ3v) is 5.09. The molecule has 1 N–H and O–H groups in total. The number of carboxylic acid groups (broad SMARTS) is 1. The van der Waals surface area contributed by atoms with E-state index in [9.17, 15) is 19.1 Å². The Balaban J connectivity index is 1.63. The zero-order valence-electron chi connectivity index (χ0n) is 14.5. The number of aromatic nitrogens is 1. The number of halogens is 1. The van der Waals surface area contributed by atoms with Gasteiger partial charge in [0, 0.05) is 23.8 Å². The number of thiazole rings is 1. The molecule has 0 bridgehead atoms. The van der Waals surface area contributed by atoms with Gasteiger partial charge in [-0.25, -0.2) is 9.37 Å². The van der Waals surface area contributed by atoms with E-state index in [1.54, 1.807) is 17.5 Å². The molecule has 1 heterocycles. The summed E-state index contributed by atoms with van der Waals surface area (Å²) in [5.41, 5.74) is 2.12. The normalized spacial score (nSPS) is 11.9. The molecule has 0 aliphatic heterocycles. The first kappa shape index (κ1) is 18.9. The van der Waals surface area contributed by atoms with E-state index in [4.69, 9.17) is 0 Å². The monoisotopic (exact) mass is 383 g/mol. The molecule has 27 heavy (non-hydrogen) atoms. The zero-order chi connectivity index (χ0) is 19.2. The van der Waals surface area contributed by atoms with Crippen LogP contribution in [0.4, 0.5) is 4.39 Å². The van der Waals surface area contributed by atoms with Crippen molar-refractivity contribution < 1.29 is 19.1 Å². The second-order valence-electron chi connectivity index (χ2n) is 6.30. The second-order valence-corrected chi connectivity index (χ2v) is 7.16. The van der Waals surface area contributed by atoms with Gasteiger partial charge in [-0.2, -0.15) is 0 Å². The first-order valence-corrected chi connectivity index (χ1v) is 9.38. The van der Waals surface area contributed by atoms with E-state index in [1.807, 2.05) is 30.3 Å². The molecule has 6 heteroatoms. The average Bonchev–Trinajstić information content (AvgIpc) is 3.10. The summed E-state index contributed by atoms with van der Waals surface area (Å²) in [5, 5.41) is 11.8. The highest BCUT2D eigenvalue weighted by Gasteiger charge is 2.22. The van der Waals surface area contributed by atoms with E-state index in [1.165, 1.54) is 23.5 Å². The summed E-state index contributed by atoms with van der Waals surface area (Å²) in [5.74, 6) is -2.26. The first-order valence-electron chi connectivity index (χ1n) is 8.50. The number of Topliss-reactive ketones (excluding diaryl/α,β-unsaturated/α-hetero) is 1. The van der Waals surface area contributed by atoms with Gasteiger partial charge >= 0.3 is 5.97 Å². The minimum absolute atomic E-state index is 0.0446. The van der Waals surface area contributed by atoms with Gasteiger partial charge in [-0.1, -0.05) is 42.5 Å². The number of carbonyl (C=O) groups excluding carboxylic acids is 1. The van der Waals surface area contributed by atoms with Crippen molar-refractivity contribution in [2.24, 2.45) is 5.92 Å². The van der Waals surface area contributed by atoms with E-state index >= 15 is 0 Å². The number of carbonyl (C=O) groups is 2. The van der Waals surface area contributed by atoms with Crippen LogP contribution < -0.4 is 0 Å². The molecular formula is C21H18FNO3S. The lowest BCUT2D eigenvalue weighted by Crippen LogP contribution is -2.21. The maximum absolute atomic E-state index is 13.3. The number of rotatable bonds is 8. The van der Waals surface area contributed by atoms with Crippen molar-refractivity contribution >= 4 is 23.1 Å². The Kier molecular flexibility index (Phi) is 6.08. The van der Waals surface area contributed by atoms with Gasteiger partial charge < -0.3 is 5.11 Å². The van der Waals surface area contributed by atoms with E-state index in [0.717, 1.165) is 5.56 Å². The average molecular weight is 383 g/mol. The minimum atomic E-state index is -0.981. The van der Waals surface area contributed by atoms with Crippen LogP contribution in [-0.4, -0.2) is 21.8 Å². The fraction of sp³-hybridized carbons (Fsp3) is 0.190. The van der Waals surface area contributed by atoms with Crippen molar-refractivity contribution in [2.45, 2.75) is 19.3 Å². The Bertz CT molecular complexity index is 939. The Morgan fingerprint density at radius 2 is 1.89 bits per heavy atom. The summed E-state index contributed by atoms with van der Waals surface area (Å²) in [6.45, 7) is 0. The number of benzene rings is 2. The summed E-state index contributed by atoms with van der Waals surface area (Å²) >= 11 is 1.33. The summed E-state index contributed by atoms with van der Waals surface area (Å²) in [7, 11) is 0. The van der Waals surface area contributed by atoms with Crippen molar-refractivity contribution in [1.29, 1.82) is 0 Å². The van der Waals surface area contributed by atoms with E-state index in [0.29, 0.717) is 22.7 Å². The molecule has 1 atom stereocenters. The van der Waals surface area contributed by atoms with Crippen LogP contribution in [0.15, 0.2) is 60.0 Å². The van der Waals surface area contributed by atoms with Crippen LogP contribution in [0.3, 0.4) is 0 Å². The minimum Gasteiger partial charge on any atom is -0.481 e. The SMILES string of the molecule is O=C(Cc1csc(-c2cccc(F)c2)n1)C[C@@H](Cc1ccccc1)C(=O)O. The standard InChI is InChI=1S/C21H18FNO3S/c22-17-8-4-7-15(10-17)20-23-18(13-27-20)12-19(24)11-16(21(25)26)9-14-5-2-1-3-6-14/h1-8,10,13,16H,9,11-12H2,(H,25,26)/t16-/m1/s1. The molecule has 0 fully saturated rings. The van der Waals surface area contributed by atoms with Gasteiger partial charge in [0.2, 0.25) is 0 Å². The third kappa shape index (κ3) is 5.31. The molecule has 3 aromatic rings. The zero-order valence-corrected chi connectivity index (χ0v) is 15.3. The van der Waals surface area contributed by atoms with Crippen LogP contribution in [0.1, 0.15) is 17.7 Å². The van der Waals surface area contributed by atoms with E-state index in [-0.39, 0.29) is 24.4 Å². The number of aliphatic carboxylic acids is 1. The van der Waals surface area contributed by atoms with Crippen molar-refractivity contribution in [1.82, 2.24) is 4.98 Å². The smallest absolute Gasteiger partial charge is 0.307 e. The lowest BCUT2D eigenvalue weighted by molar-refractivity contribution is -0.143. The van der Waals surface area contributed by atoms with Crippen LogP contribution >= 0.6 is 11.3 Å². The molecule has 1 aromatic heterocycles. The maximum atomic E-state index is 13.3. The van der Waals surface area contributed by atoms with E-state index in [2.05, 4.69) is 4.98 Å². The molecule has 0 spiro atoms. The number of hydrogen-bond donors (Lipinski definition) is 1. The summed E-state index contributed by atoms with van der Waals surface area (Å²) < 4.78 is 13.3. The van der Waals surface area contributed by atoms with Crippen LogP contribution in [0, 0.1) is 11.7 Å². The quantitative estimate of drug-likeness (QED) is 0.626. The van der Waals surface area contributed by atoms with Crippen LogP contribution in [-0.2, 0) is 22.4 Å². The van der Waals surface area contributed by atoms with Gasteiger partial charge in [-0.3, -0.25) is 9.59 Å². The highest BCUT2D eigenvalue weighted by atomic mass is 32.1. The Morgan fingerprint density at radius 1 is 1.11 bits per heavy atom. The van der Waals surface area contributed by atoms with Gasteiger partial charge in [-0.05, 0) is 24.1 Å². The molecule has 138 valence electrons. The van der Waals surface area contributed by atoms with Crippen LogP contribution in [0.25, 0.3) is 10.6 Å². The van der Waals surface area contributed by atoms with Crippen molar-refractivity contribution in [3.8, 4) is 10.6 Å². The lowest BCUT2D eigenvalue weighted by atomic mass is 9.93. The number of carboxylic acids is 1. The molecule has 0 radical (unpaired) electrons. The molecular weight excluding hydrogens is 365 g/mol. The van der Waals surface area contributed by atoms with Crippen molar-refractivity contribution in [3.05, 3.63) is 77.1 Å². The predicted molar refractivity (Wildman–Crippen MR) is 102 cm³/mol. The van der Waals surface area contributed by atoms with Crippen molar-refractivity contribution in [2.75, 3.05) is 0 Å². The molecule has 0 saturated carbocycles. The molecule has 2 aromatic carbocycles. The van der Waals surface area contributed by atoms with Crippen molar-refractivity contribution in [3.63, 3.8) is 0 Å². The Hall–Kier alpha value is -2.86. The number of hydrogen-bond acceptors (Lipinski definition) is 4. The predicted octanol–water partition coefficient (Wildman–Crippen LogP) is 4.39. The molecule has 0 saturated heterocycles. The van der Waals surface area contributed by atoms with Crippen LogP contribution in [0.5, 0.6) is 0 Å². The first-order chi connectivity index (χ1) is 13.0. The molecule has 0 unspecified atom stereocenters. The van der Waals surface area contributed by atoms with Gasteiger partial charge in [0.25, 0.3) is 0 Å². The van der Waals surface area contributed by atoms with E-state index < -0.39 is 11.9 Å². The van der Waals surface area contributed by atoms with Gasteiger partial charge in [0.1, 0.15) is 16.6 Å². The molecule has 3 rings (SSSR count). The van der Waals surface area contributed by atoms with Gasteiger partial charge in [-0.15, -0.1) is 11.3 Å². The van der Waals surface area contributed by atoms with Gasteiger partial charge in [0.05, 0.1) is 11.6 Å². The Morgan fingerprint density at radius 3 is 2.59 bits per heavy atom. The van der Waals surface area contributed by atoms with Crippen LogP contribution in [0.2, 0.25) is 0 Å². The number of ketones is 1. The fourth-order valence-corrected chi connectivity index (χ4v) is 3.65.